The highest BCUT2D eigenvalue weighted by atomic mass is 79.9. The lowest BCUT2D eigenvalue weighted by atomic mass is 9.81. The number of alkyl halides is 2. The van der Waals surface area contributed by atoms with Crippen LogP contribution in [0.25, 0.3) is 22.2 Å². The number of carbonyl (C=O) groups excluding carboxylic acids is 4. The molecule has 1 saturated carbocycles. The van der Waals surface area contributed by atoms with E-state index >= 15 is 0 Å². The first-order valence-corrected chi connectivity index (χ1v) is 16.0. The Hall–Kier alpha value is -4.29. The number of nitro groups is 1. The number of carbonyl (C=O) groups is 4. The summed E-state index contributed by atoms with van der Waals surface area (Å²) >= 11 is 7.23. The summed E-state index contributed by atoms with van der Waals surface area (Å²) < 4.78 is 5.39. The van der Waals surface area contributed by atoms with Crippen LogP contribution in [-0.4, -0.2) is 49.7 Å². The van der Waals surface area contributed by atoms with Gasteiger partial charge in [0.25, 0.3) is 5.69 Å². The lowest BCUT2D eigenvalue weighted by Crippen LogP contribution is -2.34. The molecule has 12 heteroatoms. The Kier molecular flexibility index (Phi) is 8.36. The summed E-state index contributed by atoms with van der Waals surface area (Å²) in [6, 6.07) is 19.0. The van der Waals surface area contributed by atoms with Gasteiger partial charge in [-0.1, -0.05) is 55.6 Å². The van der Waals surface area contributed by atoms with Gasteiger partial charge in [-0.2, -0.15) is 0 Å². The van der Waals surface area contributed by atoms with Crippen molar-refractivity contribution in [1.29, 1.82) is 0 Å². The molecule has 4 unspecified atom stereocenters. The number of hydrogen-bond donors (Lipinski definition) is 0. The summed E-state index contributed by atoms with van der Waals surface area (Å²) in [6.45, 7) is 1.33. The van der Waals surface area contributed by atoms with E-state index in [1.807, 2.05) is 19.1 Å². The molecule has 0 N–H and O–H groups in total. The van der Waals surface area contributed by atoms with Crippen LogP contribution in [-0.2, 0) is 14.3 Å². The molecular formula is C33H25Br2N3O7. The van der Waals surface area contributed by atoms with Crippen molar-refractivity contribution in [3.63, 3.8) is 0 Å². The van der Waals surface area contributed by atoms with E-state index in [2.05, 4.69) is 31.9 Å². The number of fused-ring (bicyclic) bond motifs is 2. The van der Waals surface area contributed by atoms with Crippen molar-refractivity contribution in [2.75, 3.05) is 11.5 Å². The van der Waals surface area contributed by atoms with Crippen LogP contribution in [0.3, 0.4) is 0 Å². The van der Waals surface area contributed by atoms with Crippen LogP contribution in [0.1, 0.15) is 39.1 Å². The van der Waals surface area contributed by atoms with Gasteiger partial charge < -0.3 is 4.74 Å². The highest BCUT2D eigenvalue weighted by Crippen LogP contribution is 2.44. The van der Waals surface area contributed by atoms with Gasteiger partial charge >= 0.3 is 5.97 Å². The quantitative estimate of drug-likeness (QED) is 0.0519. The molecule has 10 nitrogen and oxygen atoms in total. The molecule has 0 spiro atoms. The van der Waals surface area contributed by atoms with Gasteiger partial charge in [-0.05, 0) is 62.2 Å². The lowest BCUT2D eigenvalue weighted by molar-refractivity contribution is -0.384. The number of anilines is 1. The first-order chi connectivity index (χ1) is 21.5. The van der Waals surface area contributed by atoms with Gasteiger partial charge in [-0.15, -0.1) is 0 Å². The normalized spacial score (nSPS) is 21.1. The van der Waals surface area contributed by atoms with Crippen LogP contribution in [0.15, 0.2) is 72.8 Å². The number of amides is 2. The highest BCUT2D eigenvalue weighted by molar-refractivity contribution is 9.12. The molecule has 1 aliphatic heterocycles. The number of imide groups is 1. The summed E-state index contributed by atoms with van der Waals surface area (Å²) in [4.78, 5) is 69.0. The van der Waals surface area contributed by atoms with Crippen molar-refractivity contribution in [3.8, 4) is 11.3 Å². The zero-order valence-corrected chi connectivity index (χ0v) is 27.0. The van der Waals surface area contributed by atoms with Crippen molar-refractivity contribution in [2.24, 2.45) is 11.8 Å². The Labute approximate surface area is 274 Å². The number of aryl methyl sites for hydroxylation is 1. The van der Waals surface area contributed by atoms with Gasteiger partial charge in [0.05, 0.1) is 39.2 Å². The molecule has 4 atom stereocenters. The lowest BCUT2D eigenvalue weighted by Gasteiger charge is -2.29. The van der Waals surface area contributed by atoms with E-state index in [0.29, 0.717) is 40.7 Å². The minimum Gasteiger partial charge on any atom is -0.454 e. The van der Waals surface area contributed by atoms with Gasteiger partial charge in [0.1, 0.15) is 0 Å². The molecule has 6 rings (SSSR count). The Balaban J connectivity index is 1.25. The van der Waals surface area contributed by atoms with E-state index in [1.54, 1.807) is 36.4 Å². The van der Waals surface area contributed by atoms with E-state index in [0.717, 1.165) is 5.56 Å². The van der Waals surface area contributed by atoms with Crippen molar-refractivity contribution in [3.05, 3.63) is 99.6 Å². The van der Waals surface area contributed by atoms with E-state index in [1.165, 1.54) is 29.2 Å². The second kappa shape index (κ2) is 12.2. The predicted octanol–water partition coefficient (Wildman–Crippen LogP) is 6.58. The molecule has 2 aliphatic rings. The Morgan fingerprint density at radius 1 is 0.933 bits per heavy atom. The van der Waals surface area contributed by atoms with Crippen LogP contribution in [0.5, 0.6) is 0 Å². The number of rotatable bonds is 7. The summed E-state index contributed by atoms with van der Waals surface area (Å²) in [7, 11) is 0. The molecule has 45 heavy (non-hydrogen) atoms. The SMILES string of the molecule is Cc1ccc2nc(-c3ccc(N4C(=O)C5CC(Br)C(Br)CC5C4=O)cc3)cc(C(=O)OCC(=O)c3ccc([N+](=O)[O-])cc3)c2c1. The topological polar surface area (TPSA) is 137 Å². The van der Waals surface area contributed by atoms with Gasteiger partial charge in [0.15, 0.2) is 12.4 Å². The number of ketones is 1. The van der Waals surface area contributed by atoms with Crippen molar-refractivity contribution in [2.45, 2.75) is 29.4 Å². The number of ether oxygens (including phenoxy) is 1. The third-order valence-electron chi connectivity index (χ3n) is 8.25. The molecule has 1 saturated heterocycles. The van der Waals surface area contributed by atoms with Gasteiger partial charge in [0.2, 0.25) is 11.8 Å². The van der Waals surface area contributed by atoms with Crippen LogP contribution in [0, 0.1) is 28.9 Å². The number of esters is 1. The molecule has 1 aromatic heterocycles. The molecule has 3 aromatic carbocycles. The second-order valence-corrected chi connectivity index (χ2v) is 13.5. The number of nitro benzene ring substituents is 1. The maximum Gasteiger partial charge on any atom is 0.339 e. The van der Waals surface area contributed by atoms with E-state index in [9.17, 15) is 29.3 Å². The Morgan fingerprint density at radius 2 is 1.56 bits per heavy atom. The summed E-state index contributed by atoms with van der Waals surface area (Å²) in [5.41, 5.74) is 3.26. The molecule has 1 aliphatic carbocycles. The van der Waals surface area contributed by atoms with Gasteiger partial charge in [-0.25, -0.2) is 9.78 Å². The summed E-state index contributed by atoms with van der Waals surface area (Å²) in [5, 5.41) is 11.5. The smallest absolute Gasteiger partial charge is 0.339 e. The zero-order chi connectivity index (χ0) is 32.0. The fourth-order valence-corrected chi connectivity index (χ4v) is 7.09. The van der Waals surface area contributed by atoms with Crippen LogP contribution < -0.4 is 4.90 Å². The minimum atomic E-state index is -0.729. The third-order valence-corrected chi connectivity index (χ3v) is 11.0. The molecule has 2 amide bonds. The molecular weight excluding hydrogens is 710 g/mol. The maximum atomic E-state index is 13.3. The predicted molar refractivity (Wildman–Crippen MR) is 174 cm³/mol. The van der Waals surface area contributed by atoms with Crippen molar-refractivity contribution < 1.29 is 28.8 Å². The number of non-ortho nitro benzene ring substituents is 1. The molecule has 4 aromatic rings. The highest BCUT2D eigenvalue weighted by Gasteiger charge is 2.52. The standard InChI is InChI=1S/C33H25Br2N3O7/c1-17-2-11-28-22(12-17)25(33(42)45-16-30(39)19-5-9-21(10-6-19)38(43)44)15-29(36-28)18-3-7-20(8-4-18)37-31(40)23-13-26(34)27(35)14-24(23)32(37)41/h2-12,15,23-24,26-27H,13-14,16H2,1H3. The third kappa shape index (κ3) is 5.91. The number of benzene rings is 3. The molecule has 2 fully saturated rings. The largest absolute Gasteiger partial charge is 0.454 e. The van der Waals surface area contributed by atoms with Crippen molar-refractivity contribution >= 4 is 77.7 Å². The number of aromatic nitrogens is 1. The van der Waals surface area contributed by atoms with E-state index < -0.39 is 23.3 Å². The molecule has 0 bridgehead atoms. The average molecular weight is 735 g/mol. The number of pyridine rings is 1. The Morgan fingerprint density at radius 3 is 2.16 bits per heavy atom. The first-order valence-electron chi connectivity index (χ1n) is 14.1. The molecule has 2 heterocycles. The summed E-state index contributed by atoms with van der Waals surface area (Å²) in [6.07, 6.45) is 1.16. The van der Waals surface area contributed by atoms with Gasteiger partial charge in [0, 0.05) is 38.3 Å². The number of nitrogens with zero attached hydrogens (tertiary/aromatic N) is 3. The summed E-state index contributed by atoms with van der Waals surface area (Å²) in [5.74, 6) is -2.35. The van der Waals surface area contributed by atoms with E-state index in [4.69, 9.17) is 9.72 Å². The fraction of sp³-hybridized carbons (Fsp3) is 0.242. The second-order valence-electron chi connectivity index (χ2n) is 11.2. The van der Waals surface area contributed by atoms with Crippen LogP contribution in [0.2, 0.25) is 0 Å². The fourth-order valence-electron chi connectivity index (χ4n) is 5.85. The average Bonchev–Trinajstić information content (AvgIpc) is 3.27. The number of halogens is 2. The zero-order valence-electron chi connectivity index (χ0n) is 23.8. The Bertz CT molecular complexity index is 1850. The van der Waals surface area contributed by atoms with E-state index in [-0.39, 0.29) is 50.1 Å². The molecule has 0 radical (unpaired) electrons. The minimum absolute atomic E-state index is 0.113. The monoisotopic (exact) mass is 733 g/mol. The van der Waals surface area contributed by atoms with Crippen LogP contribution >= 0.6 is 31.9 Å². The number of hydrogen-bond acceptors (Lipinski definition) is 8. The maximum absolute atomic E-state index is 13.3. The van der Waals surface area contributed by atoms with Gasteiger partial charge in [-0.3, -0.25) is 29.4 Å². The number of Topliss-reactive ketones (excluding diaryl/α,β-unsaturated/α-hetero) is 1. The first kappa shape index (κ1) is 30.7. The molecule has 228 valence electrons. The van der Waals surface area contributed by atoms with Crippen LogP contribution in [0.4, 0.5) is 11.4 Å². The van der Waals surface area contributed by atoms with Crippen molar-refractivity contribution in [1.82, 2.24) is 4.98 Å².